The minimum atomic E-state index is -0.395. The van der Waals surface area contributed by atoms with Gasteiger partial charge in [-0.2, -0.15) is 0 Å². The monoisotopic (exact) mass is 235 g/mol. The lowest BCUT2D eigenvalue weighted by molar-refractivity contribution is 0.624. The van der Waals surface area contributed by atoms with Gasteiger partial charge >= 0.3 is 0 Å². The lowest BCUT2D eigenvalue weighted by Gasteiger charge is -2.03. The summed E-state index contributed by atoms with van der Waals surface area (Å²) in [6.45, 7) is 3.86. The second-order valence-electron chi connectivity index (χ2n) is 4.21. The van der Waals surface area contributed by atoms with E-state index in [2.05, 4.69) is 5.10 Å². The largest absolute Gasteiger partial charge is 0.393 e. The van der Waals surface area contributed by atoms with Gasteiger partial charge in [-0.25, -0.2) is 9.07 Å². The Balaban J connectivity index is 2.61. The molecule has 3 N–H and O–H groups in total. The number of anilines is 1. The highest BCUT2D eigenvalue weighted by Gasteiger charge is 2.14. The summed E-state index contributed by atoms with van der Waals surface area (Å²) in [5.74, 6) is -0.286. The molecule has 0 aliphatic rings. The van der Waals surface area contributed by atoms with E-state index in [0.29, 0.717) is 11.4 Å². The van der Waals surface area contributed by atoms with E-state index < -0.39 is 5.82 Å². The third kappa shape index (κ3) is 1.95. The number of halogens is 1. The van der Waals surface area contributed by atoms with Crippen LogP contribution in [0.15, 0.2) is 29.1 Å². The fourth-order valence-corrected chi connectivity index (χ4v) is 1.70. The average Bonchev–Trinajstić information content (AvgIpc) is 2.56. The van der Waals surface area contributed by atoms with Gasteiger partial charge in [0.15, 0.2) is 0 Å². The van der Waals surface area contributed by atoms with Gasteiger partial charge in [-0.3, -0.25) is 9.89 Å². The van der Waals surface area contributed by atoms with Crippen molar-refractivity contribution in [3.63, 3.8) is 0 Å². The van der Waals surface area contributed by atoms with Crippen LogP contribution in [0.4, 0.5) is 10.1 Å². The zero-order valence-corrected chi connectivity index (χ0v) is 9.70. The number of rotatable bonds is 2. The Bertz CT molecular complexity index is 598. The second-order valence-corrected chi connectivity index (χ2v) is 4.21. The summed E-state index contributed by atoms with van der Waals surface area (Å²) in [5.41, 5.74) is 6.66. The van der Waals surface area contributed by atoms with Crippen LogP contribution in [0.3, 0.4) is 0 Å². The van der Waals surface area contributed by atoms with Crippen molar-refractivity contribution < 1.29 is 4.39 Å². The van der Waals surface area contributed by atoms with Gasteiger partial charge in [-0.05, 0) is 24.1 Å². The van der Waals surface area contributed by atoms with E-state index in [4.69, 9.17) is 5.73 Å². The number of nitrogen functional groups attached to an aromatic ring is 1. The fraction of sp³-hybridized carbons (Fsp3) is 0.250. The van der Waals surface area contributed by atoms with Crippen molar-refractivity contribution >= 4 is 5.69 Å². The van der Waals surface area contributed by atoms with Crippen molar-refractivity contribution in [1.82, 2.24) is 9.78 Å². The Kier molecular flexibility index (Phi) is 2.75. The van der Waals surface area contributed by atoms with E-state index in [1.54, 1.807) is 12.1 Å². The summed E-state index contributed by atoms with van der Waals surface area (Å²) in [5, 5.41) is 2.91. The number of hydrogen-bond acceptors (Lipinski definition) is 2. The quantitative estimate of drug-likeness (QED) is 0.836. The number of H-pyrrole nitrogens is 1. The first kappa shape index (κ1) is 11.4. The van der Waals surface area contributed by atoms with Crippen molar-refractivity contribution in [3.8, 4) is 5.69 Å². The molecule has 0 saturated carbocycles. The van der Waals surface area contributed by atoms with Crippen LogP contribution in [0.5, 0.6) is 0 Å². The van der Waals surface area contributed by atoms with Crippen molar-refractivity contribution in [2.24, 2.45) is 0 Å². The molecule has 1 heterocycles. The summed E-state index contributed by atoms with van der Waals surface area (Å²) in [7, 11) is 0. The molecule has 2 rings (SSSR count). The predicted molar refractivity (Wildman–Crippen MR) is 64.8 cm³/mol. The fourth-order valence-electron chi connectivity index (χ4n) is 1.70. The van der Waals surface area contributed by atoms with Crippen LogP contribution in [0, 0.1) is 5.82 Å². The zero-order valence-electron chi connectivity index (χ0n) is 9.70. The van der Waals surface area contributed by atoms with Crippen LogP contribution in [0.1, 0.15) is 25.5 Å². The molecule has 0 unspecified atom stereocenters. The summed E-state index contributed by atoms with van der Waals surface area (Å²) in [6, 6.07) is 5.79. The van der Waals surface area contributed by atoms with Crippen LogP contribution < -0.4 is 11.3 Å². The second kappa shape index (κ2) is 4.08. The van der Waals surface area contributed by atoms with Gasteiger partial charge in [-0.1, -0.05) is 19.9 Å². The molecule has 1 aromatic heterocycles. The Morgan fingerprint density at radius 2 is 2.12 bits per heavy atom. The van der Waals surface area contributed by atoms with E-state index in [0.717, 1.165) is 0 Å². The molecule has 0 bridgehead atoms. The Labute approximate surface area is 97.9 Å². The molecule has 90 valence electrons. The minimum Gasteiger partial charge on any atom is -0.393 e. The normalized spacial score (nSPS) is 11.1. The van der Waals surface area contributed by atoms with Gasteiger partial charge in [0.05, 0.1) is 11.4 Å². The maximum atomic E-state index is 13.1. The summed E-state index contributed by atoms with van der Waals surface area (Å²) in [6.07, 6.45) is 0. The van der Waals surface area contributed by atoms with Crippen molar-refractivity contribution in [3.05, 3.63) is 46.1 Å². The van der Waals surface area contributed by atoms with E-state index in [1.165, 1.54) is 16.8 Å². The Hall–Kier alpha value is -2.04. The number of nitrogens with one attached hydrogen (secondary N) is 1. The molecule has 0 fully saturated rings. The molecule has 2 aromatic rings. The van der Waals surface area contributed by atoms with E-state index in [1.807, 2.05) is 13.8 Å². The standard InChI is InChI=1S/C12H14FN3O/c1-7(2)11-10(14)12(17)16(15-11)9-5-3-4-8(13)6-9/h3-7,15H,14H2,1-2H3. The molecular formula is C12H14FN3O. The van der Waals surface area contributed by atoms with Gasteiger partial charge in [0, 0.05) is 0 Å². The van der Waals surface area contributed by atoms with Crippen LogP contribution in [-0.2, 0) is 0 Å². The number of nitrogens with zero attached hydrogens (tertiary/aromatic N) is 1. The molecule has 1 aromatic carbocycles. The van der Waals surface area contributed by atoms with Crippen LogP contribution in [-0.4, -0.2) is 9.78 Å². The van der Waals surface area contributed by atoms with E-state index >= 15 is 0 Å². The molecule has 0 saturated heterocycles. The Morgan fingerprint density at radius 3 is 2.65 bits per heavy atom. The molecule has 4 nitrogen and oxygen atoms in total. The maximum absolute atomic E-state index is 13.1. The van der Waals surface area contributed by atoms with Crippen LogP contribution in [0.25, 0.3) is 5.69 Å². The number of hydrogen-bond donors (Lipinski definition) is 2. The van der Waals surface area contributed by atoms with Gasteiger partial charge in [0.2, 0.25) is 0 Å². The van der Waals surface area contributed by atoms with Crippen molar-refractivity contribution in [1.29, 1.82) is 0 Å². The molecule has 0 spiro atoms. The molecule has 0 amide bonds. The summed E-state index contributed by atoms with van der Waals surface area (Å²) >= 11 is 0. The molecular weight excluding hydrogens is 221 g/mol. The molecule has 0 radical (unpaired) electrons. The van der Waals surface area contributed by atoms with Gasteiger partial charge < -0.3 is 5.73 Å². The maximum Gasteiger partial charge on any atom is 0.294 e. The highest BCUT2D eigenvalue weighted by molar-refractivity contribution is 5.45. The average molecular weight is 235 g/mol. The SMILES string of the molecule is CC(C)c1[nH]n(-c2cccc(F)c2)c(=O)c1N. The number of aromatic amines is 1. The number of nitrogens with two attached hydrogens (primary N) is 1. The summed E-state index contributed by atoms with van der Waals surface area (Å²) in [4.78, 5) is 11.9. The van der Waals surface area contributed by atoms with Crippen molar-refractivity contribution in [2.45, 2.75) is 19.8 Å². The molecule has 17 heavy (non-hydrogen) atoms. The lowest BCUT2D eigenvalue weighted by Crippen LogP contribution is -2.16. The topological polar surface area (TPSA) is 63.8 Å². The first-order chi connectivity index (χ1) is 8.00. The van der Waals surface area contributed by atoms with Crippen molar-refractivity contribution in [2.75, 3.05) is 5.73 Å². The molecule has 5 heteroatoms. The van der Waals surface area contributed by atoms with E-state index in [-0.39, 0.29) is 17.2 Å². The number of benzene rings is 1. The summed E-state index contributed by atoms with van der Waals surface area (Å²) < 4.78 is 14.3. The minimum absolute atomic E-state index is 0.109. The van der Waals surface area contributed by atoms with E-state index in [9.17, 15) is 9.18 Å². The smallest absolute Gasteiger partial charge is 0.294 e. The zero-order chi connectivity index (χ0) is 12.6. The third-order valence-electron chi connectivity index (χ3n) is 2.60. The van der Waals surface area contributed by atoms with Gasteiger partial charge in [0.25, 0.3) is 5.56 Å². The predicted octanol–water partition coefficient (Wildman–Crippen LogP) is 2.01. The van der Waals surface area contributed by atoms with Gasteiger partial charge in [0.1, 0.15) is 11.5 Å². The molecule has 0 aliphatic carbocycles. The van der Waals surface area contributed by atoms with Crippen LogP contribution in [0.2, 0.25) is 0 Å². The Morgan fingerprint density at radius 1 is 1.41 bits per heavy atom. The first-order valence-electron chi connectivity index (χ1n) is 5.37. The third-order valence-corrected chi connectivity index (χ3v) is 2.60. The highest BCUT2D eigenvalue weighted by Crippen LogP contribution is 2.17. The van der Waals surface area contributed by atoms with Crippen LogP contribution >= 0.6 is 0 Å². The lowest BCUT2D eigenvalue weighted by atomic mass is 10.1. The van der Waals surface area contributed by atoms with Gasteiger partial charge in [-0.15, -0.1) is 0 Å². The highest BCUT2D eigenvalue weighted by atomic mass is 19.1. The number of aromatic nitrogens is 2. The first-order valence-corrected chi connectivity index (χ1v) is 5.37. The molecule has 0 aliphatic heterocycles. The molecule has 0 atom stereocenters.